The van der Waals surface area contributed by atoms with Gasteiger partial charge in [0.05, 0.1) is 24.2 Å². The van der Waals surface area contributed by atoms with Gasteiger partial charge in [-0.05, 0) is 66.6 Å². The Morgan fingerprint density at radius 2 is 1.97 bits per heavy atom. The van der Waals surface area contributed by atoms with Crippen molar-refractivity contribution in [1.29, 1.82) is 0 Å². The molecule has 8 heteroatoms. The third-order valence-corrected chi connectivity index (χ3v) is 5.14. The van der Waals surface area contributed by atoms with Gasteiger partial charge in [0.1, 0.15) is 17.3 Å². The number of benzene rings is 2. The molecule has 1 amide bonds. The lowest BCUT2D eigenvalue weighted by molar-refractivity contribution is -0.132. The normalized spacial score (nSPS) is 10.7. The molecular weight excluding hydrogens is 422 g/mol. The van der Waals surface area contributed by atoms with Gasteiger partial charge in [0, 0.05) is 12.6 Å². The van der Waals surface area contributed by atoms with Crippen LogP contribution in [0.15, 0.2) is 76.1 Å². The first kappa shape index (κ1) is 21.9. The zero-order valence-electron chi connectivity index (χ0n) is 18.2. The van der Waals surface area contributed by atoms with Crippen molar-refractivity contribution in [2.45, 2.75) is 13.5 Å². The van der Waals surface area contributed by atoms with Crippen LogP contribution in [0.5, 0.6) is 11.5 Å². The molecule has 0 radical (unpaired) electrons. The van der Waals surface area contributed by atoms with Gasteiger partial charge in [-0.25, -0.2) is 4.79 Å². The standard InChI is InChI=1S/C25H23N3O5/c1-16-11-18(8-9-23(16)29)22-13-21(26-25(31)27-22)17-5-3-6-19(12-17)33-15-24(30)28(2)14-20-7-4-10-32-20/h3-13,29H,14-15H2,1-2H3,(H,26,27,31). The lowest BCUT2D eigenvalue weighted by Gasteiger charge is -2.16. The summed E-state index contributed by atoms with van der Waals surface area (Å²) in [5, 5.41) is 9.77. The number of H-pyrrole nitrogens is 1. The highest BCUT2D eigenvalue weighted by Crippen LogP contribution is 2.27. The smallest absolute Gasteiger partial charge is 0.345 e. The maximum Gasteiger partial charge on any atom is 0.345 e. The Morgan fingerprint density at radius 1 is 1.12 bits per heavy atom. The van der Waals surface area contributed by atoms with Crippen molar-refractivity contribution >= 4 is 5.91 Å². The Kier molecular flexibility index (Phi) is 6.26. The van der Waals surface area contributed by atoms with Crippen LogP contribution in [0.4, 0.5) is 0 Å². The van der Waals surface area contributed by atoms with E-state index in [4.69, 9.17) is 9.15 Å². The van der Waals surface area contributed by atoms with E-state index in [9.17, 15) is 14.7 Å². The molecule has 0 saturated carbocycles. The number of aromatic amines is 1. The summed E-state index contributed by atoms with van der Waals surface area (Å²) in [7, 11) is 1.68. The van der Waals surface area contributed by atoms with Gasteiger partial charge in [-0.3, -0.25) is 4.79 Å². The van der Waals surface area contributed by atoms with Crippen LogP contribution >= 0.6 is 0 Å². The third-order valence-electron chi connectivity index (χ3n) is 5.14. The second kappa shape index (κ2) is 9.44. The number of nitrogens with zero attached hydrogens (tertiary/aromatic N) is 2. The molecule has 4 aromatic rings. The van der Waals surface area contributed by atoms with Crippen LogP contribution in [-0.2, 0) is 11.3 Å². The number of aromatic hydroxyl groups is 1. The average molecular weight is 445 g/mol. The number of amides is 1. The maximum atomic E-state index is 12.4. The number of furan rings is 1. The van der Waals surface area contributed by atoms with E-state index < -0.39 is 5.69 Å². The minimum Gasteiger partial charge on any atom is -0.508 e. The Labute approximate surface area is 190 Å². The molecule has 0 unspecified atom stereocenters. The predicted molar refractivity (Wildman–Crippen MR) is 123 cm³/mol. The number of aromatic nitrogens is 2. The molecule has 0 spiro atoms. The molecule has 8 nitrogen and oxygen atoms in total. The van der Waals surface area contributed by atoms with Crippen molar-refractivity contribution in [3.05, 3.63) is 88.7 Å². The number of hydrogen-bond acceptors (Lipinski definition) is 6. The number of rotatable bonds is 7. The van der Waals surface area contributed by atoms with E-state index in [0.29, 0.717) is 40.6 Å². The zero-order valence-corrected chi connectivity index (χ0v) is 18.2. The Hall–Kier alpha value is -4.33. The first-order chi connectivity index (χ1) is 15.9. The number of phenolic OH excluding ortho intramolecular Hbond substituents is 1. The van der Waals surface area contributed by atoms with Crippen molar-refractivity contribution in [2.75, 3.05) is 13.7 Å². The molecule has 0 fully saturated rings. The van der Waals surface area contributed by atoms with Crippen LogP contribution in [0.1, 0.15) is 11.3 Å². The van der Waals surface area contributed by atoms with Gasteiger partial charge in [-0.1, -0.05) is 12.1 Å². The molecule has 0 saturated heterocycles. The lowest BCUT2D eigenvalue weighted by atomic mass is 10.1. The van der Waals surface area contributed by atoms with Crippen LogP contribution in [0.3, 0.4) is 0 Å². The fourth-order valence-electron chi connectivity index (χ4n) is 3.31. The highest BCUT2D eigenvalue weighted by atomic mass is 16.5. The SMILES string of the molecule is Cc1cc(-c2cc(-c3cccc(OCC(=O)N(C)Cc4ccco4)c3)nc(=O)[nH]2)ccc1O. The quantitative estimate of drug-likeness (QED) is 0.449. The molecule has 2 heterocycles. The van der Waals surface area contributed by atoms with Gasteiger partial charge in [0.15, 0.2) is 6.61 Å². The number of carbonyl (C=O) groups is 1. The highest BCUT2D eigenvalue weighted by Gasteiger charge is 2.13. The summed E-state index contributed by atoms with van der Waals surface area (Å²) in [6.45, 7) is 2.00. The summed E-state index contributed by atoms with van der Waals surface area (Å²) in [6.07, 6.45) is 1.56. The molecule has 4 rings (SSSR count). The minimum absolute atomic E-state index is 0.137. The number of hydrogen-bond donors (Lipinski definition) is 2. The van der Waals surface area contributed by atoms with E-state index in [1.165, 1.54) is 4.90 Å². The number of ether oxygens (including phenoxy) is 1. The minimum atomic E-state index is -0.491. The molecule has 0 aliphatic heterocycles. The topological polar surface area (TPSA) is 109 Å². The van der Waals surface area contributed by atoms with Crippen molar-refractivity contribution in [3.8, 4) is 34.0 Å². The van der Waals surface area contributed by atoms with Gasteiger partial charge in [-0.2, -0.15) is 4.98 Å². The number of carbonyl (C=O) groups excluding carboxylic acids is 1. The van der Waals surface area contributed by atoms with Gasteiger partial charge in [0.25, 0.3) is 5.91 Å². The van der Waals surface area contributed by atoms with E-state index >= 15 is 0 Å². The Morgan fingerprint density at radius 3 is 2.73 bits per heavy atom. The second-order valence-corrected chi connectivity index (χ2v) is 7.63. The largest absolute Gasteiger partial charge is 0.508 e. The molecule has 2 aromatic carbocycles. The predicted octanol–water partition coefficient (Wildman–Crippen LogP) is 3.75. The van der Waals surface area contributed by atoms with E-state index in [2.05, 4.69) is 9.97 Å². The Balaban J connectivity index is 1.50. The first-order valence-electron chi connectivity index (χ1n) is 10.3. The van der Waals surface area contributed by atoms with Crippen LogP contribution in [0.2, 0.25) is 0 Å². The summed E-state index contributed by atoms with van der Waals surface area (Å²) in [5.41, 5.74) is 2.67. The molecule has 2 aromatic heterocycles. The first-order valence-corrected chi connectivity index (χ1v) is 10.3. The van der Waals surface area contributed by atoms with E-state index in [1.54, 1.807) is 74.8 Å². The van der Waals surface area contributed by atoms with Gasteiger partial charge in [0.2, 0.25) is 0 Å². The maximum absolute atomic E-state index is 12.4. The zero-order chi connectivity index (χ0) is 23.4. The van der Waals surface area contributed by atoms with Crippen molar-refractivity contribution in [1.82, 2.24) is 14.9 Å². The second-order valence-electron chi connectivity index (χ2n) is 7.63. The van der Waals surface area contributed by atoms with Gasteiger partial charge < -0.3 is 24.1 Å². The molecule has 2 N–H and O–H groups in total. The third kappa shape index (κ3) is 5.30. The van der Waals surface area contributed by atoms with E-state index in [0.717, 1.165) is 5.56 Å². The number of likely N-dealkylation sites (N-methyl/N-ethyl adjacent to an activating group) is 1. The molecule has 168 valence electrons. The van der Waals surface area contributed by atoms with Crippen molar-refractivity contribution < 1.29 is 19.1 Å². The summed E-state index contributed by atoms with van der Waals surface area (Å²) in [5.74, 6) is 1.16. The summed E-state index contributed by atoms with van der Waals surface area (Å²) >= 11 is 0. The molecular formula is C25H23N3O5. The number of phenols is 1. The van der Waals surface area contributed by atoms with Crippen LogP contribution in [0, 0.1) is 6.92 Å². The van der Waals surface area contributed by atoms with E-state index in [-0.39, 0.29) is 18.3 Å². The lowest BCUT2D eigenvalue weighted by Crippen LogP contribution is -2.30. The van der Waals surface area contributed by atoms with Crippen molar-refractivity contribution in [2.24, 2.45) is 0 Å². The van der Waals surface area contributed by atoms with E-state index in [1.807, 2.05) is 6.07 Å². The van der Waals surface area contributed by atoms with Crippen LogP contribution in [-0.4, -0.2) is 39.5 Å². The highest BCUT2D eigenvalue weighted by molar-refractivity contribution is 5.77. The molecule has 0 atom stereocenters. The fourth-order valence-corrected chi connectivity index (χ4v) is 3.31. The summed E-state index contributed by atoms with van der Waals surface area (Å²) < 4.78 is 10.9. The van der Waals surface area contributed by atoms with Crippen LogP contribution < -0.4 is 10.4 Å². The number of nitrogens with one attached hydrogen (secondary N) is 1. The molecule has 33 heavy (non-hydrogen) atoms. The molecule has 0 bridgehead atoms. The average Bonchev–Trinajstić information content (AvgIpc) is 3.32. The van der Waals surface area contributed by atoms with Crippen molar-refractivity contribution in [3.63, 3.8) is 0 Å². The Bertz CT molecular complexity index is 1330. The van der Waals surface area contributed by atoms with Crippen LogP contribution in [0.25, 0.3) is 22.5 Å². The number of aryl methyl sites for hydroxylation is 1. The van der Waals surface area contributed by atoms with Gasteiger partial charge >= 0.3 is 5.69 Å². The summed E-state index contributed by atoms with van der Waals surface area (Å²) in [4.78, 5) is 32.9. The molecule has 0 aliphatic carbocycles. The van der Waals surface area contributed by atoms with Gasteiger partial charge in [-0.15, -0.1) is 0 Å². The summed E-state index contributed by atoms with van der Waals surface area (Å²) in [6, 6.07) is 17.5. The molecule has 0 aliphatic rings. The fraction of sp³-hybridized carbons (Fsp3) is 0.160. The monoisotopic (exact) mass is 445 g/mol.